The van der Waals surface area contributed by atoms with Crippen LogP contribution in [0.15, 0.2) is 36.5 Å². The summed E-state index contributed by atoms with van der Waals surface area (Å²) in [7, 11) is 0. The predicted molar refractivity (Wildman–Crippen MR) is 66.2 cm³/mol. The molecule has 2 aromatic heterocycles. The zero-order valence-corrected chi connectivity index (χ0v) is 9.84. The number of aromatic amines is 1. The van der Waals surface area contributed by atoms with Gasteiger partial charge in [0.05, 0.1) is 5.52 Å². The maximum Gasteiger partial charge on any atom is 0.184 e. The Morgan fingerprint density at radius 3 is 2.56 bits per heavy atom. The summed E-state index contributed by atoms with van der Waals surface area (Å²) in [6, 6.07) is 7.13. The summed E-state index contributed by atoms with van der Waals surface area (Å²) in [4.78, 5) is 6.95. The fourth-order valence-electron chi connectivity index (χ4n) is 1.85. The van der Waals surface area contributed by atoms with Gasteiger partial charge in [0.2, 0.25) is 0 Å². The van der Waals surface area contributed by atoms with Gasteiger partial charge in [-0.1, -0.05) is 6.07 Å². The normalized spacial score (nSPS) is 11.0. The number of para-hydroxylation sites is 1. The highest BCUT2D eigenvalue weighted by Gasteiger charge is 2.15. The van der Waals surface area contributed by atoms with Gasteiger partial charge in [-0.3, -0.25) is 4.57 Å². The van der Waals surface area contributed by atoms with E-state index in [-0.39, 0.29) is 10.5 Å². The van der Waals surface area contributed by atoms with Crippen molar-refractivity contribution in [1.82, 2.24) is 14.5 Å². The molecule has 6 heteroatoms. The van der Waals surface area contributed by atoms with Crippen LogP contribution in [0.2, 0.25) is 0 Å². The summed E-state index contributed by atoms with van der Waals surface area (Å²) in [6.07, 6.45) is 1.54. The van der Waals surface area contributed by atoms with Crippen molar-refractivity contribution in [2.24, 2.45) is 0 Å². The fourth-order valence-corrected chi connectivity index (χ4v) is 2.14. The van der Waals surface area contributed by atoms with Gasteiger partial charge in [-0.2, -0.15) is 0 Å². The summed E-state index contributed by atoms with van der Waals surface area (Å²) in [6.45, 7) is 0. The number of H-pyrrole nitrogens is 1. The van der Waals surface area contributed by atoms with Gasteiger partial charge in [0.1, 0.15) is 17.3 Å². The van der Waals surface area contributed by atoms with E-state index in [0.29, 0.717) is 11.2 Å². The molecule has 0 saturated carbocycles. The van der Waals surface area contributed by atoms with Gasteiger partial charge in [0.15, 0.2) is 10.4 Å². The number of halogens is 2. The molecule has 1 N–H and O–H groups in total. The summed E-state index contributed by atoms with van der Waals surface area (Å²) < 4.78 is 29.0. The number of pyridine rings is 1. The Hall–Kier alpha value is -2.08. The van der Waals surface area contributed by atoms with E-state index in [4.69, 9.17) is 12.2 Å². The highest BCUT2D eigenvalue weighted by Crippen LogP contribution is 2.22. The highest BCUT2D eigenvalue weighted by molar-refractivity contribution is 7.71. The van der Waals surface area contributed by atoms with Crippen LogP contribution in [0.25, 0.3) is 16.9 Å². The van der Waals surface area contributed by atoms with Gasteiger partial charge >= 0.3 is 0 Å². The lowest BCUT2D eigenvalue weighted by molar-refractivity contribution is 0.570. The third kappa shape index (κ3) is 1.53. The van der Waals surface area contributed by atoms with Gasteiger partial charge in [-0.05, 0) is 36.5 Å². The van der Waals surface area contributed by atoms with Crippen LogP contribution in [-0.4, -0.2) is 14.5 Å². The van der Waals surface area contributed by atoms with Crippen LogP contribution in [-0.2, 0) is 0 Å². The maximum atomic E-state index is 13.8. The zero-order valence-electron chi connectivity index (χ0n) is 9.02. The molecule has 0 fully saturated rings. The average molecular weight is 263 g/mol. The van der Waals surface area contributed by atoms with E-state index in [1.807, 2.05) is 0 Å². The van der Waals surface area contributed by atoms with Crippen molar-refractivity contribution < 1.29 is 8.78 Å². The SMILES string of the molecule is Fc1cccc(F)c1-n1c(=S)[nH]c2cccnc21. The number of rotatable bonds is 1. The first-order valence-electron chi connectivity index (χ1n) is 5.18. The molecule has 0 unspecified atom stereocenters. The quantitative estimate of drug-likeness (QED) is 0.683. The standard InChI is InChI=1S/C12H7F2N3S/c13-7-3-1-4-8(14)10(7)17-11-9(16-12(17)18)5-2-6-15-11/h1-6H,(H,16,18). The lowest BCUT2D eigenvalue weighted by Gasteiger charge is -2.06. The Morgan fingerprint density at radius 2 is 1.83 bits per heavy atom. The Kier molecular flexibility index (Phi) is 2.45. The molecule has 0 radical (unpaired) electrons. The van der Waals surface area contributed by atoms with Crippen molar-refractivity contribution in [2.45, 2.75) is 0 Å². The first kappa shape index (κ1) is 11.0. The van der Waals surface area contributed by atoms with Crippen molar-refractivity contribution in [2.75, 3.05) is 0 Å². The number of benzene rings is 1. The predicted octanol–water partition coefficient (Wildman–Crippen LogP) is 3.36. The van der Waals surface area contributed by atoms with Crippen LogP contribution in [0.3, 0.4) is 0 Å². The molecular weight excluding hydrogens is 256 g/mol. The van der Waals surface area contributed by atoms with Crippen molar-refractivity contribution in [3.05, 3.63) is 52.9 Å². The third-order valence-corrected chi connectivity index (χ3v) is 2.89. The fraction of sp³-hybridized carbons (Fsp3) is 0. The lowest BCUT2D eigenvalue weighted by atomic mass is 10.3. The Bertz CT molecular complexity index is 771. The Morgan fingerprint density at radius 1 is 1.11 bits per heavy atom. The average Bonchev–Trinajstić information content (AvgIpc) is 2.66. The van der Waals surface area contributed by atoms with E-state index in [9.17, 15) is 8.78 Å². The van der Waals surface area contributed by atoms with Gasteiger partial charge in [-0.25, -0.2) is 13.8 Å². The minimum Gasteiger partial charge on any atom is -0.329 e. The van der Waals surface area contributed by atoms with Crippen LogP contribution >= 0.6 is 12.2 Å². The zero-order chi connectivity index (χ0) is 12.7. The van der Waals surface area contributed by atoms with Gasteiger partial charge in [0, 0.05) is 6.20 Å². The maximum absolute atomic E-state index is 13.8. The van der Waals surface area contributed by atoms with Crippen LogP contribution < -0.4 is 0 Å². The van der Waals surface area contributed by atoms with E-state index in [2.05, 4.69) is 9.97 Å². The molecule has 1 aromatic carbocycles. The molecule has 0 aliphatic carbocycles. The van der Waals surface area contributed by atoms with Crippen molar-refractivity contribution in [3.63, 3.8) is 0 Å². The van der Waals surface area contributed by atoms with Gasteiger partial charge in [0.25, 0.3) is 0 Å². The molecule has 2 heterocycles. The number of hydrogen-bond acceptors (Lipinski definition) is 2. The minimum absolute atomic E-state index is 0.202. The van der Waals surface area contributed by atoms with E-state index in [1.165, 1.54) is 22.8 Å². The van der Waals surface area contributed by atoms with E-state index >= 15 is 0 Å². The second kappa shape index (κ2) is 3.99. The molecule has 0 bridgehead atoms. The molecule has 0 spiro atoms. The molecule has 3 aromatic rings. The molecule has 90 valence electrons. The number of fused-ring (bicyclic) bond motifs is 1. The number of hydrogen-bond donors (Lipinski definition) is 1. The first-order chi connectivity index (χ1) is 8.68. The summed E-state index contributed by atoms with van der Waals surface area (Å²) in [5, 5.41) is 0. The topological polar surface area (TPSA) is 33.6 Å². The molecular formula is C12H7F2N3S. The summed E-state index contributed by atoms with van der Waals surface area (Å²) in [5.74, 6) is -1.37. The van der Waals surface area contributed by atoms with E-state index in [1.54, 1.807) is 18.3 Å². The minimum atomic E-state index is -0.683. The molecule has 18 heavy (non-hydrogen) atoms. The monoisotopic (exact) mass is 263 g/mol. The van der Waals surface area contributed by atoms with Crippen molar-refractivity contribution >= 4 is 23.4 Å². The van der Waals surface area contributed by atoms with Crippen LogP contribution in [0, 0.1) is 16.4 Å². The summed E-state index contributed by atoms with van der Waals surface area (Å²) in [5.41, 5.74) is 0.809. The molecule has 0 aliphatic heterocycles. The number of imidazole rings is 1. The van der Waals surface area contributed by atoms with Crippen LogP contribution in [0.4, 0.5) is 8.78 Å². The number of nitrogens with zero attached hydrogens (tertiary/aromatic N) is 2. The summed E-state index contributed by atoms with van der Waals surface area (Å²) >= 11 is 5.09. The van der Waals surface area contributed by atoms with Gasteiger partial charge in [-0.15, -0.1) is 0 Å². The Balaban J connectivity index is 2.46. The molecule has 0 atom stereocenters. The van der Waals surface area contributed by atoms with E-state index < -0.39 is 11.6 Å². The number of nitrogens with one attached hydrogen (secondary N) is 1. The van der Waals surface area contributed by atoms with E-state index in [0.717, 1.165) is 0 Å². The second-order valence-electron chi connectivity index (χ2n) is 3.71. The molecule has 3 rings (SSSR count). The first-order valence-corrected chi connectivity index (χ1v) is 5.59. The smallest absolute Gasteiger partial charge is 0.184 e. The van der Waals surface area contributed by atoms with Crippen molar-refractivity contribution in [3.8, 4) is 5.69 Å². The number of aromatic nitrogens is 3. The molecule has 0 amide bonds. The van der Waals surface area contributed by atoms with Crippen molar-refractivity contribution in [1.29, 1.82) is 0 Å². The molecule has 0 saturated heterocycles. The van der Waals surface area contributed by atoms with Crippen LogP contribution in [0.1, 0.15) is 0 Å². The largest absolute Gasteiger partial charge is 0.329 e. The Labute approximate surface area is 106 Å². The highest BCUT2D eigenvalue weighted by atomic mass is 32.1. The van der Waals surface area contributed by atoms with Gasteiger partial charge < -0.3 is 4.98 Å². The molecule has 0 aliphatic rings. The lowest BCUT2D eigenvalue weighted by Crippen LogP contribution is -2.02. The van der Waals surface area contributed by atoms with Crippen LogP contribution in [0.5, 0.6) is 0 Å². The second-order valence-corrected chi connectivity index (χ2v) is 4.10. The third-order valence-electron chi connectivity index (χ3n) is 2.60. The molecule has 3 nitrogen and oxygen atoms in total.